The molecule has 0 aliphatic carbocycles. The maximum Gasteiger partial charge on any atom is 0.349 e. The van der Waals surface area contributed by atoms with Crippen LogP contribution in [0.3, 0.4) is 0 Å². The highest BCUT2D eigenvalue weighted by molar-refractivity contribution is 7.12. The second kappa shape index (κ2) is 8.61. The lowest BCUT2D eigenvalue weighted by Crippen LogP contribution is -2.37. The molecule has 0 aliphatic heterocycles. The Morgan fingerprint density at radius 2 is 1.92 bits per heavy atom. The van der Waals surface area contributed by atoms with Gasteiger partial charge in [0.2, 0.25) is 0 Å². The Hall–Kier alpha value is -2.18. The number of thiophene rings is 1. The van der Waals surface area contributed by atoms with Crippen molar-refractivity contribution in [2.45, 2.75) is 20.0 Å². The molecule has 0 radical (unpaired) electrons. The van der Waals surface area contributed by atoms with E-state index in [9.17, 15) is 9.59 Å². The third-order valence-corrected chi connectivity index (χ3v) is 4.37. The van der Waals surface area contributed by atoms with Crippen LogP contribution in [0.1, 0.15) is 22.2 Å². The summed E-state index contributed by atoms with van der Waals surface area (Å²) in [7, 11) is 1.55. The van der Waals surface area contributed by atoms with Gasteiger partial charge in [-0.2, -0.15) is 0 Å². The van der Waals surface area contributed by atoms with Gasteiger partial charge in [-0.3, -0.25) is 4.79 Å². The van der Waals surface area contributed by atoms with Crippen LogP contribution in [0.15, 0.2) is 35.7 Å². The number of benzene rings is 1. The first-order valence-corrected chi connectivity index (χ1v) is 8.53. The highest BCUT2D eigenvalue weighted by Gasteiger charge is 2.22. The summed E-state index contributed by atoms with van der Waals surface area (Å²) in [5, 5.41) is 4.49. The van der Waals surface area contributed by atoms with Crippen molar-refractivity contribution in [2.75, 3.05) is 20.3 Å². The quantitative estimate of drug-likeness (QED) is 0.618. The predicted octanol–water partition coefficient (Wildman–Crippen LogP) is 3.03. The van der Waals surface area contributed by atoms with Crippen LogP contribution in [-0.2, 0) is 14.3 Å². The lowest BCUT2D eigenvalue weighted by Gasteiger charge is -2.13. The highest BCUT2D eigenvalue weighted by atomic mass is 32.1. The molecule has 0 spiro atoms. The van der Waals surface area contributed by atoms with Crippen LogP contribution in [0, 0.1) is 6.92 Å². The first-order chi connectivity index (χ1) is 11.5. The Morgan fingerprint density at radius 1 is 1.21 bits per heavy atom. The third-order valence-electron chi connectivity index (χ3n) is 3.47. The van der Waals surface area contributed by atoms with Crippen LogP contribution in [0.4, 0.5) is 0 Å². The lowest BCUT2D eigenvalue weighted by molar-refractivity contribution is -0.129. The van der Waals surface area contributed by atoms with E-state index in [-0.39, 0.29) is 5.91 Å². The molecule has 5 nitrogen and oxygen atoms in total. The highest BCUT2D eigenvalue weighted by Crippen LogP contribution is 2.29. The van der Waals surface area contributed by atoms with Gasteiger partial charge in [0, 0.05) is 19.2 Å². The van der Waals surface area contributed by atoms with Crippen LogP contribution in [-0.4, -0.2) is 38.2 Å². The average molecular weight is 347 g/mol. The van der Waals surface area contributed by atoms with Gasteiger partial charge in [-0.25, -0.2) is 4.79 Å². The summed E-state index contributed by atoms with van der Waals surface area (Å²) in [6, 6.07) is 9.81. The second-order valence-electron chi connectivity index (χ2n) is 5.36. The van der Waals surface area contributed by atoms with Crippen LogP contribution in [0.5, 0.6) is 0 Å². The van der Waals surface area contributed by atoms with Crippen molar-refractivity contribution < 1.29 is 19.1 Å². The average Bonchev–Trinajstić information content (AvgIpc) is 3.05. The first-order valence-electron chi connectivity index (χ1n) is 7.65. The fourth-order valence-electron chi connectivity index (χ4n) is 2.12. The number of amides is 1. The molecule has 0 saturated heterocycles. The molecule has 1 aromatic heterocycles. The van der Waals surface area contributed by atoms with Crippen molar-refractivity contribution in [2.24, 2.45) is 0 Å². The molecule has 1 aromatic carbocycles. The summed E-state index contributed by atoms with van der Waals surface area (Å²) in [6.07, 6.45) is -0.859. The normalized spacial score (nSPS) is 11.8. The second-order valence-corrected chi connectivity index (χ2v) is 6.28. The van der Waals surface area contributed by atoms with Crippen LogP contribution in [0.25, 0.3) is 11.1 Å². The summed E-state index contributed by atoms with van der Waals surface area (Å²) < 4.78 is 10.2. The molecule has 1 heterocycles. The Labute approximate surface area is 145 Å². The number of nitrogens with one attached hydrogen (secondary N) is 1. The minimum atomic E-state index is -0.859. The molecular weight excluding hydrogens is 326 g/mol. The van der Waals surface area contributed by atoms with Crippen molar-refractivity contribution in [3.05, 3.63) is 46.2 Å². The third kappa shape index (κ3) is 4.66. The molecule has 24 heavy (non-hydrogen) atoms. The van der Waals surface area contributed by atoms with E-state index >= 15 is 0 Å². The molecule has 0 aliphatic rings. The van der Waals surface area contributed by atoms with Gasteiger partial charge in [0.1, 0.15) is 4.88 Å². The summed E-state index contributed by atoms with van der Waals surface area (Å²) in [5.74, 6) is -0.830. The fourth-order valence-corrected chi connectivity index (χ4v) is 2.91. The van der Waals surface area contributed by atoms with Crippen LogP contribution in [0.2, 0.25) is 0 Å². The smallest absolute Gasteiger partial charge is 0.349 e. The number of ether oxygens (including phenoxy) is 2. The minimum Gasteiger partial charge on any atom is -0.448 e. The molecule has 2 aromatic rings. The van der Waals surface area contributed by atoms with Crippen molar-refractivity contribution >= 4 is 23.2 Å². The molecular formula is C18H21NO4S. The molecule has 0 saturated carbocycles. The first kappa shape index (κ1) is 18.2. The largest absolute Gasteiger partial charge is 0.448 e. The summed E-state index contributed by atoms with van der Waals surface area (Å²) >= 11 is 1.31. The van der Waals surface area contributed by atoms with Gasteiger partial charge in [0.05, 0.1) is 6.61 Å². The van der Waals surface area contributed by atoms with E-state index in [1.807, 2.05) is 42.6 Å². The summed E-state index contributed by atoms with van der Waals surface area (Å²) in [6.45, 7) is 4.36. The van der Waals surface area contributed by atoms with Gasteiger partial charge >= 0.3 is 5.97 Å². The predicted molar refractivity (Wildman–Crippen MR) is 94.3 cm³/mol. The van der Waals surface area contributed by atoms with Gasteiger partial charge in [0.15, 0.2) is 6.10 Å². The number of hydrogen-bond donors (Lipinski definition) is 1. The zero-order valence-electron chi connectivity index (χ0n) is 14.0. The zero-order chi connectivity index (χ0) is 17.5. The van der Waals surface area contributed by atoms with Crippen LogP contribution < -0.4 is 5.32 Å². The Balaban J connectivity index is 2.04. The summed E-state index contributed by atoms with van der Waals surface area (Å²) in [4.78, 5) is 24.8. The van der Waals surface area contributed by atoms with E-state index in [0.29, 0.717) is 18.0 Å². The number of rotatable bonds is 7. The van der Waals surface area contributed by atoms with E-state index in [2.05, 4.69) is 5.32 Å². The molecule has 1 N–H and O–H groups in total. The van der Waals surface area contributed by atoms with Crippen molar-refractivity contribution in [1.29, 1.82) is 0 Å². The number of aryl methyl sites for hydroxylation is 1. The Kier molecular flexibility index (Phi) is 6.52. The molecule has 0 unspecified atom stereocenters. The molecule has 1 amide bonds. The maximum absolute atomic E-state index is 12.4. The SMILES string of the molecule is COCCNC(=O)[C@@H](C)OC(=O)c1sccc1-c1ccc(C)cc1. The topological polar surface area (TPSA) is 64.6 Å². The van der Waals surface area contributed by atoms with Gasteiger partial charge in [-0.1, -0.05) is 29.8 Å². The molecule has 0 fully saturated rings. The molecule has 1 atom stereocenters. The Morgan fingerprint density at radius 3 is 2.58 bits per heavy atom. The van der Waals surface area contributed by atoms with E-state index in [4.69, 9.17) is 9.47 Å². The van der Waals surface area contributed by atoms with E-state index in [1.54, 1.807) is 14.0 Å². The van der Waals surface area contributed by atoms with Crippen LogP contribution >= 0.6 is 11.3 Å². The van der Waals surface area contributed by atoms with E-state index < -0.39 is 12.1 Å². The van der Waals surface area contributed by atoms with Crippen molar-refractivity contribution in [3.63, 3.8) is 0 Å². The summed E-state index contributed by atoms with van der Waals surface area (Å²) in [5.41, 5.74) is 2.92. The monoisotopic (exact) mass is 347 g/mol. The number of esters is 1. The Bertz CT molecular complexity index is 693. The molecule has 0 bridgehead atoms. The van der Waals surface area contributed by atoms with Gasteiger partial charge in [-0.05, 0) is 30.9 Å². The number of hydrogen-bond acceptors (Lipinski definition) is 5. The fraction of sp³-hybridized carbons (Fsp3) is 0.333. The minimum absolute atomic E-state index is 0.339. The van der Waals surface area contributed by atoms with Gasteiger partial charge in [0.25, 0.3) is 5.91 Å². The van der Waals surface area contributed by atoms with E-state index in [1.165, 1.54) is 11.3 Å². The standard InChI is InChI=1S/C18H21NO4S/c1-12-4-6-14(7-5-12)15-8-11-24-16(15)18(21)23-13(2)17(20)19-9-10-22-3/h4-8,11,13H,9-10H2,1-3H3,(H,19,20)/t13-/m1/s1. The van der Waals surface area contributed by atoms with Gasteiger partial charge in [-0.15, -0.1) is 11.3 Å². The van der Waals surface area contributed by atoms with Crippen molar-refractivity contribution in [1.82, 2.24) is 5.32 Å². The molecule has 6 heteroatoms. The number of carbonyl (C=O) groups excluding carboxylic acids is 2. The molecule has 2 rings (SSSR count). The molecule has 128 valence electrons. The van der Waals surface area contributed by atoms with Crippen molar-refractivity contribution in [3.8, 4) is 11.1 Å². The lowest BCUT2D eigenvalue weighted by atomic mass is 10.1. The van der Waals surface area contributed by atoms with E-state index in [0.717, 1.165) is 16.7 Å². The number of carbonyl (C=O) groups is 2. The maximum atomic E-state index is 12.4. The number of methoxy groups -OCH3 is 1. The zero-order valence-corrected chi connectivity index (χ0v) is 14.8. The van der Waals surface area contributed by atoms with Gasteiger partial charge < -0.3 is 14.8 Å².